The van der Waals surface area contributed by atoms with Gasteiger partial charge in [0.15, 0.2) is 11.4 Å². The number of carbonyl (C=O) groups is 1. The highest BCUT2D eigenvalue weighted by atomic mass is 28.3. The predicted octanol–water partition coefficient (Wildman–Crippen LogP) is 4.69. The van der Waals surface area contributed by atoms with E-state index in [1.807, 2.05) is 4.57 Å². The highest BCUT2D eigenvalue weighted by Gasteiger charge is 2.21. The highest BCUT2D eigenvalue weighted by molar-refractivity contribution is 6.76. The lowest BCUT2D eigenvalue weighted by molar-refractivity contribution is 0.0895. The number of hydrogen-bond acceptors (Lipinski definition) is 5. The zero-order valence-electron chi connectivity index (χ0n) is 17.0. The molecule has 1 fully saturated rings. The van der Waals surface area contributed by atoms with Crippen LogP contribution in [0.1, 0.15) is 49.4 Å². The number of ketones is 1. The van der Waals surface area contributed by atoms with E-state index >= 15 is 0 Å². The van der Waals surface area contributed by atoms with Gasteiger partial charge in [0, 0.05) is 26.9 Å². The summed E-state index contributed by atoms with van der Waals surface area (Å²) in [6.07, 6.45) is 9.50. The van der Waals surface area contributed by atoms with Crippen molar-refractivity contribution in [2.45, 2.75) is 77.5 Å². The van der Waals surface area contributed by atoms with Crippen LogP contribution in [0.25, 0.3) is 11.2 Å². The van der Waals surface area contributed by atoms with E-state index in [0.717, 1.165) is 42.3 Å². The minimum absolute atomic E-state index is 0.0173. The summed E-state index contributed by atoms with van der Waals surface area (Å²) in [6.45, 7) is 9.82. The second kappa shape index (κ2) is 8.52. The largest absolute Gasteiger partial charge is 0.380 e. The van der Waals surface area contributed by atoms with Crippen LogP contribution in [0.2, 0.25) is 25.7 Å². The molecule has 0 atom stereocenters. The van der Waals surface area contributed by atoms with E-state index in [0.29, 0.717) is 18.3 Å². The van der Waals surface area contributed by atoms with Gasteiger partial charge in [0.05, 0.1) is 17.6 Å². The van der Waals surface area contributed by atoms with Crippen molar-refractivity contribution >= 4 is 30.7 Å². The van der Waals surface area contributed by atoms with Gasteiger partial charge in [-0.2, -0.15) is 0 Å². The summed E-state index contributed by atoms with van der Waals surface area (Å²) < 4.78 is 7.79. The lowest BCUT2D eigenvalue weighted by Gasteiger charge is -2.25. The Kier molecular flexibility index (Phi) is 6.32. The fourth-order valence-corrected chi connectivity index (χ4v) is 4.26. The van der Waals surface area contributed by atoms with Crippen LogP contribution < -0.4 is 5.32 Å². The van der Waals surface area contributed by atoms with Crippen LogP contribution in [0.15, 0.2) is 12.5 Å². The maximum absolute atomic E-state index is 12.1. The molecule has 0 amide bonds. The minimum atomic E-state index is -1.10. The number of imidazole rings is 1. The van der Waals surface area contributed by atoms with E-state index in [1.165, 1.54) is 19.3 Å². The number of pyridine rings is 1. The van der Waals surface area contributed by atoms with Gasteiger partial charge in [0.2, 0.25) is 0 Å². The number of Topliss-reactive ketones (excluding diaryl/α,β-unsaturated/α-hetero) is 1. The van der Waals surface area contributed by atoms with Gasteiger partial charge in [0.25, 0.3) is 0 Å². The predicted molar refractivity (Wildman–Crippen MR) is 112 cm³/mol. The Labute approximate surface area is 162 Å². The summed E-state index contributed by atoms with van der Waals surface area (Å²) in [6, 6.07) is 1.54. The molecule has 7 heteroatoms. The third kappa shape index (κ3) is 5.16. The first kappa shape index (κ1) is 20.0. The summed E-state index contributed by atoms with van der Waals surface area (Å²) in [7, 11) is -1.10. The van der Waals surface area contributed by atoms with Crippen molar-refractivity contribution in [1.82, 2.24) is 14.5 Å². The van der Waals surface area contributed by atoms with E-state index in [1.54, 1.807) is 19.4 Å². The lowest BCUT2D eigenvalue weighted by atomic mass is 9.95. The van der Waals surface area contributed by atoms with Crippen LogP contribution in [-0.4, -0.2) is 41.0 Å². The average Bonchev–Trinajstić information content (AvgIpc) is 3.02. The quantitative estimate of drug-likeness (QED) is 0.403. The molecule has 1 saturated carbocycles. The Morgan fingerprint density at radius 1 is 1.26 bits per heavy atom. The zero-order valence-corrected chi connectivity index (χ0v) is 18.0. The number of fused-ring (bicyclic) bond motifs is 1. The molecular weight excluding hydrogens is 356 g/mol. The molecule has 3 rings (SSSR count). The molecule has 6 nitrogen and oxygen atoms in total. The molecule has 27 heavy (non-hydrogen) atoms. The fraction of sp³-hybridized carbons (Fsp3) is 0.650. The number of rotatable bonds is 8. The molecule has 0 unspecified atom stereocenters. The molecule has 2 aromatic rings. The molecule has 1 aliphatic rings. The molecule has 2 aromatic heterocycles. The fourth-order valence-electron chi connectivity index (χ4n) is 3.51. The normalized spacial score (nSPS) is 16.0. The summed E-state index contributed by atoms with van der Waals surface area (Å²) in [5.74, 6) is 0.0173. The van der Waals surface area contributed by atoms with Crippen molar-refractivity contribution in [3.05, 3.63) is 18.1 Å². The number of ether oxygens (including phenoxy) is 1. The standard InChI is InChI=1S/C20H32N4O2Si/c1-15(25)17-12-21-20-19(18(17)23-16-8-6-5-7-9-16)22-13-24(20)14-26-10-11-27(2,3)4/h12-13,16H,5-11,14H2,1-4H3,(H,21,23). The van der Waals surface area contributed by atoms with Gasteiger partial charge in [-0.25, -0.2) is 9.97 Å². The molecular formula is C20H32N4O2Si. The van der Waals surface area contributed by atoms with Gasteiger partial charge >= 0.3 is 0 Å². The zero-order chi connectivity index (χ0) is 19.4. The Hall–Kier alpha value is -1.73. The van der Waals surface area contributed by atoms with Crippen molar-refractivity contribution in [3.63, 3.8) is 0 Å². The van der Waals surface area contributed by atoms with E-state index in [4.69, 9.17) is 4.74 Å². The third-order valence-corrected chi connectivity index (χ3v) is 6.90. The molecule has 2 heterocycles. The molecule has 148 valence electrons. The molecule has 0 aliphatic heterocycles. The van der Waals surface area contributed by atoms with E-state index in [-0.39, 0.29) is 5.78 Å². The smallest absolute Gasteiger partial charge is 0.163 e. The van der Waals surface area contributed by atoms with Crippen LogP contribution in [-0.2, 0) is 11.5 Å². The van der Waals surface area contributed by atoms with Crippen molar-refractivity contribution in [3.8, 4) is 0 Å². The van der Waals surface area contributed by atoms with Gasteiger partial charge < -0.3 is 10.1 Å². The summed E-state index contributed by atoms with van der Waals surface area (Å²) in [5.41, 5.74) is 2.99. The van der Waals surface area contributed by atoms with E-state index < -0.39 is 8.07 Å². The second-order valence-corrected chi connectivity index (χ2v) is 14.4. The molecule has 0 saturated heterocycles. The Morgan fingerprint density at radius 2 is 2.00 bits per heavy atom. The Balaban J connectivity index is 1.80. The second-order valence-electron chi connectivity index (χ2n) is 8.82. The number of nitrogens with one attached hydrogen (secondary N) is 1. The first-order chi connectivity index (χ1) is 12.8. The molecule has 0 radical (unpaired) electrons. The van der Waals surface area contributed by atoms with Crippen LogP contribution in [0.3, 0.4) is 0 Å². The minimum Gasteiger partial charge on any atom is -0.380 e. The van der Waals surface area contributed by atoms with Gasteiger partial charge in [-0.3, -0.25) is 9.36 Å². The summed E-state index contributed by atoms with van der Waals surface area (Å²) in [5, 5.41) is 3.60. The van der Waals surface area contributed by atoms with E-state index in [9.17, 15) is 4.79 Å². The van der Waals surface area contributed by atoms with Crippen LogP contribution in [0.4, 0.5) is 5.69 Å². The van der Waals surface area contributed by atoms with Gasteiger partial charge in [0.1, 0.15) is 12.2 Å². The van der Waals surface area contributed by atoms with Crippen molar-refractivity contribution in [2.24, 2.45) is 0 Å². The first-order valence-electron chi connectivity index (χ1n) is 10.0. The Bertz CT molecular complexity index is 791. The molecule has 0 bridgehead atoms. The molecule has 1 aliphatic carbocycles. The van der Waals surface area contributed by atoms with Crippen LogP contribution >= 0.6 is 0 Å². The van der Waals surface area contributed by atoms with Gasteiger partial charge in [-0.05, 0) is 25.8 Å². The van der Waals surface area contributed by atoms with Gasteiger partial charge in [-0.1, -0.05) is 38.9 Å². The number of hydrogen-bond donors (Lipinski definition) is 1. The van der Waals surface area contributed by atoms with Crippen molar-refractivity contribution in [1.29, 1.82) is 0 Å². The molecule has 1 N–H and O–H groups in total. The Morgan fingerprint density at radius 3 is 2.67 bits per heavy atom. The number of aromatic nitrogens is 3. The van der Waals surface area contributed by atoms with Crippen molar-refractivity contribution < 1.29 is 9.53 Å². The lowest BCUT2D eigenvalue weighted by Crippen LogP contribution is -2.23. The maximum atomic E-state index is 12.1. The number of anilines is 1. The topological polar surface area (TPSA) is 69.0 Å². The van der Waals surface area contributed by atoms with Gasteiger partial charge in [-0.15, -0.1) is 0 Å². The van der Waals surface area contributed by atoms with Crippen LogP contribution in [0.5, 0.6) is 0 Å². The van der Waals surface area contributed by atoms with Crippen LogP contribution in [0, 0.1) is 0 Å². The SMILES string of the molecule is CC(=O)c1cnc2c(ncn2COCC[Si](C)(C)C)c1NC1CCCCC1. The highest BCUT2D eigenvalue weighted by Crippen LogP contribution is 2.29. The molecule has 0 spiro atoms. The number of nitrogens with zero attached hydrogens (tertiary/aromatic N) is 3. The monoisotopic (exact) mass is 388 g/mol. The average molecular weight is 389 g/mol. The summed E-state index contributed by atoms with van der Waals surface area (Å²) >= 11 is 0. The van der Waals surface area contributed by atoms with E-state index in [2.05, 4.69) is 34.9 Å². The summed E-state index contributed by atoms with van der Waals surface area (Å²) in [4.78, 5) is 21.2. The van der Waals surface area contributed by atoms with Crippen molar-refractivity contribution in [2.75, 3.05) is 11.9 Å². The number of carbonyl (C=O) groups excluding carboxylic acids is 1. The third-order valence-electron chi connectivity index (χ3n) is 5.19. The maximum Gasteiger partial charge on any atom is 0.163 e. The first-order valence-corrected chi connectivity index (χ1v) is 13.7. The molecule has 0 aromatic carbocycles.